The number of nitrogens with zero attached hydrogens (tertiary/aromatic N) is 2. The van der Waals surface area contributed by atoms with E-state index >= 15 is 0 Å². The number of ether oxygens (including phenoxy) is 1. The van der Waals surface area contributed by atoms with Crippen LogP contribution in [-0.4, -0.2) is 48.3 Å². The van der Waals surface area contributed by atoms with E-state index < -0.39 is 12.8 Å². The second-order valence-corrected chi connectivity index (χ2v) is 7.17. The van der Waals surface area contributed by atoms with Gasteiger partial charge < -0.3 is 15.4 Å². The molecule has 0 unspecified atom stereocenters. The molecule has 0 atom stereocenters. The SMILES string of the molecule is CN=C(NCc1ccc(OCC(F)(F)F)nc1)NCC(C)(C)SC.I. The largest absolute Gasteiger partial charge is 0.468 e. The summed E-state index contributed by atoms with van der Waals surface area (Å²) in [5, 5.41) is 6.35. The van der Waals surface area contributed by atoms with Crippen LogP contribution in [0, 0.1) is 0 Å². The van der Waals surface area contributed by atoms with Crippen molar-refractivity contribution in [3.63, 3.8) is 0 Å². The van der Waals surface area contributed by atoms with E-state index in [2.05, 4.69) is 39.2 Å². The number of nitrogens with one attached hydrogen (secondary N) is 2. The van der Waals surface area contributed by atoms with Crippen LogP contribution in [0.5, 0.6) is 5.88 Å². The quantitative estimate of drug-likeness (QED) is 0.347. The molecular formula is C15H24F3IN4OS. The van der Waals surface area contributed by atoms with Crippen molar-refractivity contribution in [3.05, 3.63) is 23.9 Å². The molecule has 1 aromatic rings. The molecule has 0 fully saturated rings. The molecule has 0 aliphatic rings. The Bertz CT molecular complexity index is 539. The number of aliphatic imine (C=N–C) groups is 1. The third-order valence-corrected chi connectivity index (χ3v) is 4.35. The van der Waals surface area contributed by atoms with Crippen molar-refractivity contribution < 1.29 is 17.9 Å². The zero-order chi connectivity index (χ0) is 18.2. The molecular weight excluding hydrogens is 468 g/mol. The molecule has 0 amide bonds. The fourth-order valence-corrected chi connectivity index (χ4v) is 1.75. The highest BCUT2D eigenvalue weighted by molar-refractivity contribution is 14.0. The van der Waals surface area contributed by atoms with Gasteiger partial charge in [-0.15, -0.1) is 24.0 Å². The first-order chi connectivity index (χ1) is 11.1. The molecule has 25 heavy (non-hydrogen) atoms. The molecule has 144 valence electrons. The lowest BCUT2D eigenvalue weighted by Crippen LogP contribution is -2.43. The van der Waals surface area contributed by atoms with Gasteiger partial charge in [-0.3, -0.25) is 4.99 Å². The van der Waals surface area contributed by atoms with Crippen molar-refractivity contribution in [3.8, 4) is 5.88 Å². The van der Waals surface area contributed by atoms with E-state index in [1.807, 2.05) is 6.26 Å². The summed E-state index contributed by atoms with van der Waals surface area (Å²) in [5.41, 5.74) is 0.807. The first-order valence-corrected chi connectivity index (χ1v) is 8.52. The summed E-state index contributed by atoms with van der Waals surface area (Å²) >= 11 is 1.75. The van der Waals surface area contributed by atoms with Gasteiger partial charge in [0.25, 0.3) is 0 Å². The fraction of sp³-hybridized carbons (Fsp3) is 0.600. The topological polar surface area (TPSA) is 58.5 Å². The van der Waals surface area contributed by atoms with Gasteiger partial charge in [0.2, 0.25) is 5.88 Å². The second-order valence-electron chi connectivity index (χ2n) is 5.65. The third kappa shape index (κ3) is 10.6. The maximum absolute atomic E-state index is 12.1. The lowest BCUT2D eigenvalue weighted by Gasteiger charge is -2.23. The van der Waals surface area contributed by atoms with Gasteiger partial charge >= 0.3 is 6.18 Å². The molecule has 0 radical (unpaired) electrons. The van der Waals surface area contributed by atoms with Gasteiger partial charge in [0.1, 0.15) is 0 Å². The molecule has 0 saturated carbocycles. The molecule has 0 spiro atoms. The smallest absolute Gasteiger partial charge is 0.422 e. The number of halogens is 4. The Labute approximate surface area is 167 Å². The number of hydrogen-bond acceptors (Lipinski definition) is 4. The third-order valence-electron chi connectivity index (χ3n) is 3.10. The summed E-state index contributed by atoms with van der Waals surface area (Å²) in [6.45, 7) is 4.10. The minimum Gasteiger partial charge on any atom is -0.468 e. The number of alkyl halides is 3. The van der Waals surface area contributed by atoms with Crippen LogP contribution in [0.3, 0.4) is 0 Å². The van der Waals surface area contributed by atoms with E-state index in [1.165, 1.54) is 12.3 Å². The highest BCUT2D eigenvalue weighted by atomic mass is 127. The summed E-state index contributed by atoms with van der Waals surface area (Å²) in [6, 6.07) is 3.07. The zero-order valence-corrected chi connectivity index (χ0v) is 17.8. The average molecular weight is 492 g/mol. The van der Waals surface area contributed by atoms with Crippen LogP contribution in [-0.2, 0) is 6.54 Å². The van der Waals surface area contributed by atoms with Crippen molar-refractivity contribution in [1.82, 2.24) is 15.6 Å². The van der Waals surface area contributed by atoms with Crippen LogP contribution < -0.4 is 15.4 Å². The predicted octanol–water partition coefficient (Wildman–Crippen LogP) is 3.45. The summed E-state index contributed by atoms with van der Waals surface area (Å²) < 4.78 is 40.8. The monoisotopic (exact) mass is 492 g/mol. The van der Waals surface area contributed by atoms with E-state index in [9.17, 15) is 13.2 Å². The van der Waals surface area contributed by atoms with Gasteiger partial charge in [-0.25, -0.2) is 4.98 Å². The summed E-state index contributed by atoms with van der Waals surface area (Å²) in [4.78, 5) is 7.99. The zero-order valence-electron chi connectivity index (χ0n) is 14.6. The van der Waals surface area contributed by atoms with E-state index in [1.54, 1.807) is 24.9 Å². The molecule has 1 rings (SSSR count). The maximum atomic E-state index is 12.1. The Balaban J connectivity index is 0.00000576. The van der Waals surface area contributed by atoms with Crippen LogP contribution in [0.2, 0.25) is 0 Å². The maximum Gasteiger partial charge on any atom is 0.422 e. The molecule has 0 aliphatic carbocycles. The van der Waals surface area contributed by atoms with Gasteiger partial charge in [-0.05, 0) is 25.7 Å². The van der Waals surface area contributed by atoms with Crippen molar-refractivity contribution in [2.45, 2.75) is 31.3 Å². The lowest BCUT2D eigenvalue weighted by atomic mass is 10.2. The molecule has 0 aliphatic heterocycles. The normalized spacial score (nSPS) is 12.4. The average Bonchev–Trinajstić information content (AvgIpc) is 2.53. The van der Waals surface area contributed by atoms with E-state index in [4.69, 9.17) is 0 Å². The van der Waals surface area contributed by atoms with Crippen molar-refractivity contribution in [1.29, 1.82) is 0 Å². The van der Waals surface area contributed by atoms with Crippen LogP contribution in [0.25, 0.3) is 0 Å². The highest BCUT2D eigenvalue weighted by Gasteiger charge is 2.28. The van der Waals surface area contributed by atoms with Gasteiger partial charge in [0.15, 0.2) is 12.6 Å². The number of thioether (sulfide) groups is 1. The number of rotatable bonds is 7. The lowest BCUT2D eigenvalue weighted by molar-refractivity contribution is -0.154. The van der Waals surface area contributed by atoms with Crippen LogP contribution in [0.15, 0.2) is 23.3 Å². The first kappa shape index (κ1) is 24.1. The van der Waals surface area contributed by atoms with E-state index in [-0.39, 0.29) is 34.6 Å². The Hall–Kier alpha value is -0.910. The van der Waals surface area contributed by atoms with Gasteiger partial charge in [0, 0.05) is 37.1 Å². The number of aromatic nitrogens is 1. The number of guanidine groups is 1. The van der Waals surface area contributed by atoms with Crippen LogP contribution >= 0.6 is 35.7 Å². The molecule has 5 nitrogen and oxygen atoms in total. The van der Waals surface area contributed by atoms with Crippen molar-refractivity contribution in [2.24, 2.45) is 4.99 Å². The Morgan fingerprint density at radius 2 is 1.96 bits per heavy atom. The van der Waals surface area contributed by atoms with Crippen LogP contribution in [0.1, 0.15) is 19.4 Å². The molecule has 2 N–H and O–H groups in total. The molecule has 0 aromatic carbocycles. The number of pyridine rings is 1. The Kier molecular flexibility index (Phi) is 10.5. The standard InChI is InChI=1S/C15H23F3N4OS.HI/c1-14(2,24-4)9-22-13(19-3)21-8-11-5-6-12(20-7-11)23-10-15(16,17)18;/h5-7H,8-10H2,1-4H3,(H2,19,21,22);1H. The summed E-state index contributed by atoms with van der Waals surface area (Å²) in [7, 11) is 1.67. The van der Waals surface area contributed by atoms with Gasteiger partial charge in [0.05, 0.1) is 0 Å². The molecule has 1 aromatic heterocycles. The Morgan fingerprint density at radius 1 is 1.28 bits per heavy atom. The van der Waals surface area contributed by atoms with E-state index in [0.717, 1.165) is 12.1 Å². The van der Waals surface area contributed by atoms with Crippen LogP contribution in [0.4, 0.5) is 13.2 Å². The van der Waals surface area contributed by atoms with Gasteiger partial charge in [-0.2, -0.15) is 24.9 Å². The van der Waals surface area contributed by atoms with Crippen molar-refractivity contribution in [2.75, 3.05) is 26.5 Å². The summed E-state index contributed by atoms with van der Waals surface area (Å²) in [6.07, 6.45) is -0.853. The molecule has 0 bridgehead atoms. The number of hydrogen-bond donors (Lipinski definition) is 2. The second kappa shape index (κ2) is 10.9. The minimum absolute atomic E-state index is 0. The van der Waals surface area contributed by atoms with Gasteiger partial charge in [-0.1, -0.05) is 6.07 Å². The molecule has 0 saturated heterocycles. The van der Waals surface area contributed by atoms with E-state index in [0.29, 0.717) is 12.5 Å². The summed E-state index contributed by atoms with van der Waals surface area (Å²) in [5.74, 6) is 0.592. The molecule has 10 heteroatoms. The molecule has 1 heterocycles. The highest BCUT2D eigenvalue weighted by Crippen LogP contribution is 2.19. The first-order valence-electron chi connectivity index (χ1n) is 7.29. The minimum atomic E-state index is -4.37. The fourth-order valence-electron chi connectivity index (χ4n) is 1.53. The predicted molar refractivity (Wildman–Crippen MR) is 107 cm³/mol. The van der Waals surface area contributed by atoms with Crippen molar-refractivity contribution >= 4 is 41.7 Å². The Morgan fingerprint density at radius 3 is 2.44 bits per heavy atom.